The van der Waals surface area contributed by atoms with Gasteiger partial charge in [0.25, 0.3) is 0 Å². The Bertz CT molecular complexity index is 1640. The standard InChI is InChI=1S/C38H36ClN3/c1-6-28-22-25(3)21-27(5)35(28)41-37(30-15-10-8-11-16-30)33-19-14-20-34(40-33)38(31-17-12-9-13-18-31)42-36-29(7-2)23-26(4)24-32(36)39/h8-24H,6-7H2,1-5H3/b41-37+,42-38+. The second-order valence-corrected chi connectivity index (χ2v) is 11.0. The fourth-order valence-electron chi connectivity index (χ4n) is 5.33. The van der Waals surface area contributed by atoms with Crippen molar-refractivity contribution in [1.82, 2.24) is 4.98 Å². The molecular weight excluding hydrogens is 534 g/mol. The van der Waals surface area contributed by atoms with Crippen molar-refractivity contribution in [3.05, 3.63) is 158 Å². The van der Waals surface area contributed by atoms with Crippen molar-refractivity contribution in [2.45, 2.75) is 47.5 Å². The fraction of sp³-hybridized carbons (Fsp3) is 0.184. The molecule has 0 amide bonds. The van der Waals surface area contributed by atoms with Crippen LogP contribution in [-0.4, -0.2) is 16.4 Å². The third kappa shape index (κ3) is 6.42. The van der Waals surface area contributed by atoms with E-state index in [9.17, 15) is 0 Å². The maximum absolute atomic E-state index is 6.79. The van der Waals surface area contributed by atoms with Crippen LogP contribution < -0.4 is 0 Å². The number of rotatable bonds is 8. The molecule has 4 aromatic carbocycles. The van der Waals surface area contributed by atoms with Gasteiger partial charge in [0.2, 0.25) is 0 Å². The first-order valence-electron chi connectivity index (χ1n) is 14.5. The van der Waals surface area contributed by atoms with Crippen LogP contribution in [0.2, 0.25) is 5.02 Å². The van der Waals surface area contributed by atoms with Gasteiger partial charge in [-0.15, -0.1) is 0 Å². The minimum Gasteiger partial charge on any atom is -0.246 e. The highest BCUT2D eigenvalue weighted by Gasteiger charge is 2.17. The number of aliphatic imine (C=N–C) groups is 2. The van der Waals surface area contributed by atoms with Crippen LogP contribution in [0, 0.1) is 20.8 Å². The van der Waals surface area contributed by atoms with E-state index < -0.39 is 0 Å². The predicted octanol–water partition coefficient (Wildman–Crippen LogP) is 10.1. The summed E-state index contributed by atoms with van der Waals surface area (Å²) in [4.78, 5) is 15.7. The molecule has 42 heavy (non-hydrogen) atoms. The number of aryl methyl sites for hydroxylation is 5. The largest absolute Gasteiger partial charge is 0.246 e. The normalized spacial score (nSPS) is 12.0. The topological polar surface area (TPSA) is 37.6 Å². The van der Waals surface area contributed by atoms with Crippen molar-refractivity contribution in [2.75, 3.05) is 0 Å². The summed E-state index contributed by atoms with van der Waals surface area (Å²) in [7, 11) is 0. The minimum absolute atomic E-state index is 0.643. The van der Waals surface area contributed by atoms with Gasteiger partial charge in [-0.3, -0.25) is 0 Å². The number of hydrogen-bond acceptors (Lipinski definition) is 3. The zero-order chi connectivity index (χ0) is 29.6. The summed E-state index contributed by atoms with van der Waals surface area (Å²) in [6.07, 6.45) is 1.73. The molecule has 4 heteroatoms. The fourth-order valence-corrected chi connectivity index (χ4v) is 5.67. The van der Waals surface area contributed by atoms with Gasteiger partial charge in [0.1, 0.15) is 0 Å². The third-order valence-corrected chi connectivity index (χ3v) is 7.64. The van der Waals surface area contributed by atoms with Crippen molar-refractivity contribution >= 4 is 34.4 Å². The quantitative estimate of drug-likeness (QED) is 0.171. The molecule has 0 aliphatic rings. The van der Waals surface area contributed by atoms with Crippen LogP contribution in [-0.2, 0) is 12.8 Å². The van der Waals surface area contributed by atoms with Crippen LogP contribution in [0.4, 0.5) is 11.4 Å². The van der Waals surface area contributed by atoms with Crippen molar-refractivity contribution in [3.8, 4) is 0 Å². The van der Waals surface area contributed by atoms with Crippen LogP contribution in [0.1, 0.15) is 64.2 Å². The predicted molar refractivity (Wildman–Crippen MR) is 179 cm³/mol. The molecule has 210 valence electrons. The number of aromatic nitrogens is 1. The number of nitrogens with zero attached hydrogens (tertiary/aromatic N) is 3. The van der Waals surface area contributed by atoms with E-state index in [1.165, 1.54) is 11.1 Å². The van der Waals surface area contributed by atoms with E-state index in [0.29, 0.717) is 5.02 Å². The Kier molecular flexibility index (Phi) is 9.09. The summed E-state index contributed by atoms with van der Waals surface area (Å²) in [5.74, 6) is 0. The van der Waals surface area contributed by atoms with Crippen LogP contribution in [0.25, 0.3) is 0 Å². The Morgan fingerprint density at radius 1 is 0.595 bits per heavy atom. The molecule has 0 fully saturated rings. The van der Waals surface area contributed by atoms with E-state index in [2.05, 4.69) is 77.1 Å². The summed E-state index contributed by atoms with van der Waals surface area (Å²) in [5, 5.41) is 0.643. The van der Waals surface area contributed by atoms with Crippen LogP contribution in [0.15, 0.2) is 113 Å². The van der Waals surface area contributed by atoms with Crippen molar-refractivity contribution < 1.29 is 0 Å². The van der Waals surface area contributed by atoms with Crippen LogP contribution >= 0.6 is 11.6 Å². The Balaban J connectivity index is 1.74. The van der Waals surface area contributed by atoms with Gasteiger partial charge in [0.05, 0.1) is 39.2 Å². The molecule has 0 atom stereocenters. The molecule has 5 rings (SSSR count). The van der Waals surface area contributed by atoms with Gasteiger partial charge in [0.15, 0.2) is 0 Å². The zero-order valence-electron chi connectivity index (χ0n) is 24.9. The van der Waals surface area contributed by atoms with E-state index >= 15 is 0 Å². The molecule has 3 nitrogen and oxygen atoms in total. The number of halogens is 1. The van der Waals surface area contributed by atoms with Gasteiger partial charge in [-0.05, 0) is 74.1 Å². The SMILES string of the molecule is CCc1cc(C)cc(C)c1/N=C(\c1ccccc1)c1cccc(/C(=N/c2c(Cl)cc(C)cc2CC)c2ccccc2)n1. The maximum atomic E-state index is 6.79. The molecule has 0 aliphatic carbocycles. The lowest BCUT2D eigenvalue weighted by Crippen LogP contribution is -2.12. The second kappa shape index (κ2) is 13.1. The highest BCUT2D eigenvalue weighted by molar-refractivity contribution is 6.33. The van der Waals surface area contributed by atoms with Crippen LogP contribution in [0.3, 0.4) is 0 Å². The molecule has 0 bridgehead atoms. The second-order valence-electron chi connectivity index (χ2n) is 10.6. The van der Waals surface area contributed by atoms with E-state index in [4.69, 9.17) is 26.6 Å². The zero-order valence-corrected chi connectivity index (χ0v) is 25.7. The molecule has 0 spiro atoms. The first kappa shape index (κ1) is 29.2. The molecule has 0 saturated heterocycles. The van der Waals surface area contributed by atoms with E-state index in [-0.39, 0.29) is 0 Å². The summed E-state index contributed by atoms with van der Waals surface area (Å²) in [5.41, 5.74) is 12.8. The van der Waals surface area contributed by atoms with E-state index in [1.807, 2.05) is 60.7 Å². The molecule has 1 aromatic heterocycles. The first-order valence-corrected chi connectivity index (χ1v) is 14.9. The molecule has 0 saturated carbocycles. The number of benzene rings is 4. The highest BCUT2D eigenvalue weighted by Crippen LogP contribution is 2.33. The van der Waals surface area contributed by atoms with Gasteiger partial charge >= 0.3 is 0 Å². The monoisotopic (exact) mass is 569 g/mol. The third-order valence-electron chi connectivity index (χ3n) is 7.35. The van der Waals surface area contributed by atoms with Gasteiger partial charge in [0, 0.05) is 11.1 Å². The molecule has 0 N–H and O–H groups in total. The average Bonchev–Trinajstić information content (AvgIpc) is 3.00. The first-order chi connectivity index (χ1) is 20.4. The molecular formula is C38H36ClN3. The molecule has 0 unspecified atom stereocenters. The minimum atomic E-state index is 0.643. The Morgan fingerprint density at radius 2 is 1.07 bits per heavy atom. The van der Waals surface area contributed by atoms with Gasteiger partial charge in [-0.2, -0.15) is 0 Å². The van der Waals surface area contributed by atoms with E-state index in [0.717, 1.165) is 74.8 Å². The molecule has 0 aliphatic heterocycles. The Morgan fingerprint density at radius 3 is 1.60 bits per heavy atom. The van der Waals surface area contributed by atoms with Gasteiger partial charge < -0.3 is 0 Å². The van der Waals surface area contributed by atoms with Crippen molar-refractivity contribution in [2.24, 2.45) is 9.98 Å². The average molecular weight is 570 g/mol. The van der Waals surface area contributed by atoms with Crippen molar-refractivity contribution in [3.63, 3.8) is 0 Å². The number of pyridine rings is 1. The Labute approximate surface area is 254 Å². The maximum Gasteiger partial charge on any atom is 0.0966 e. The van der Waals surface area contributed by atoms with Crippen LogP contribution in [0.5, 0.6) is 0 Å². The van der Waals surface area contributed by atoms with Crippen molar-refractivity contribution in [1.29, 1.82) is 0 Å². The summed E-state index contributed by atoms with van der Waals surface area (Å²) >= 11 is 6.79. The highest BCUT2D eigenvalue weighted by atomic mass is 35.5. The van der Waals surface area contributed by atoms with E-state index in [1.54, 1.807) is 0 Å². The molecule has 0 radical (unpaired) electrons. The lowest BCUT2D eigenvalue weighted by Gasteiger charge is -2.15. The summed E-state index contributed by atoms with van der Waals surface area (Å²) in [6.45, 7) is 10.6. The van der Waals surface area contributed by atoms with Gasteiger partial charge in [-0.1, -0.05) is 116 Å². The molecule has 1 heterocycles. The summed E-state index contributed by atoms with van der Waals surface area (Å²) < 4.78 is 0. The smallest absolute Gasteiger partial charge is 0.0966 e. The Hall–Kier alpha value is -4.34. The summed E-state index contributed by atoms with van der Waals surface area (Å²) in [6, 6.07) is 35.1. The lowest BCUT2D eigenvalue weighted by atomic mass is 10.0. The lowest BCUT2D eigenvalue weighted by molar-refractivity contribution is 1.11. The molecule has 5 aromatic rings. The number of hydrogen-bond donors (Lipinski definition) is 0. The van der Waals surface area contributed by atoms with Gasteiger partial charge in [-0.25, -0.2) is 15.0 Å².